The molecule has 26 heavy (non-hydrogen) atoms. The van der Waals surface area contributed by atoms with Crippen LogP contribution in [-0.2, 0) is 11.3 Å². The number of rotatable bonds is 6. The monoisotopic (exact) mass is 481 g/mol. The summed E-state index contributed by atoms with van der Waals surface area (Å²) >= 11 is 2.33. The standard InChI is InChI=1S/C20H24IN3OS/c1-12(2)25-11-14-8-16-18(20(26-21)23-19(16)22-10-14)15-7-6-13(3)17(9-15)24(4)5/h6-10,12H,11H2,1-5H3,(H,22,23). The van der Waals surface area contributed by atoms with Crippen molar-refractivity contribution in [1.29, 1.82) is 0 Å². The number of hydrogen-bond acceptors (Lipinski definition) is 4. The van der Waals surface area contributed by atoms with Crippen LogP contribution in [0.25, 0.3) is 22.2 Å². The summed E-state index contributed by atoms with van der Waals surface area (Å²) in [6, 6.07) is 8.83. The van der Waals surface area contributed by atoms with Crippen LogP contribution in [0.1, 0.15) is 25.0 Å². The van der Waals surface area contributed by atoms with Crippen LogP contribution in [0.3, 0.4) is 0 Å². The van der Waals surface area contributed by atoms with E-state index in [9.17, 15) is 0 Å². The fraction of sp³-hybridized carbons (Fsp3) is 0.350. The molecule has 0 radical (unpaired) electrons. The van der Waals surface area contributed by atoms with Crippen molar-refractivity contribution in [3.05, 3.63) is 41.6 Å². The van der Waals surface area contributed by atoms with Gasteiger partial charge in [0.2, 0.25) is 0 Å². The molecule has 3 aromatic rings. The fourth-order valence-corrected chi connectivity index (χ4v) is 4.45. The normalized spacial score (nSPS) is 11.5. The molecular weight excluding hydrogens is 457 g/mol. The van der Waals surface area contributed by atoms with Crippen molar-refractivity contribution in [3.8, 4) is 11.1 Å². The Kier molecular flexibility index (Phi) is 6.14. The molecule has 0 amide bonds. The Hall–Kier alpha value is -1.25. The maximum absolute atomic E-state index is 5.76. The number of aryl methyl sites for hydroxylation is 1. The molecule has 2 aromatic heterocycles. The molecule has 0 unspecified atom stereocenters. The molecule has 0 aliphatic heterocycles. The van der Waals surface area contributed by atoms with E-state index in [1.807, 2.05) is 20.0 Å². The number of pyridine rings is 1. The Morgan fingerprint density at radius 1 is 1.27 bits per heavy atom. The lowest BCUT2D eigenvalue weighted by Crippen LogP contribution is -2.10. The summed E-state index contributed by atoms with van der Waals surface area (Å²) in [5.74, 6) is 0. The first-order valence-electron chi connectivity index (χ1n) is 8.59. The minimum atomic E-state index is 0.205. The van der Waals surface area contributed by atoms with E-state index in [0.717, 1.165) is 21.6 Å². The highest BCUT2D eigenvalue weighted by Gasteiger charge is 2.16. The molecule has 138 valence electrons. The van der Waals surface area contributed by atoms with Gasteiger partial charge in [0.15, 0.2) is 0 Å². The Balaban J connectivity index is 2.14. The molecule has 0 saturated heterocycles. The molecule has 4 nitrogen and oxygen atoms in total. The molecule has 0 fully saturated rings. The van der Waals surface area contributed by atoms with E-state index in [-0.39, 0.29) is 6.10 Å². The average Bonchev–Trinajstić information content (AvgIpc) is 2.98. The molecule has 0 atom stereocenters. The van der Waals surface area contributed by atoms with Gasteiger partial charge in [-0.15, -0.1) is 0 Å². The molecule has 0 saturated carbocycles. The van der Waals surface area contributed by atoms with Gasteiger partial charge < -0.3 is 14.6 Å². The van der Waals surface area contributed by atoms with E-state index in [2.05, 4.69) is 81.4 Å². The van der Waals surface area contributed by atoms with Crippen LogP contribution in [0, 0.1) is 6.92 Å². The van der Waals surface area contributed by atoms with Crippen LogP contribution in [0.4, 0.5) is 5.69 Å². The largest absolute Gasteiger partial charge is 0.377 e. The molecule has 0 bridgehead atoms. The van der Waals surface area contributed by atoms with E-state index in [1.165, 1.54) is 22.4 Å². The SMILES string of the molecule is Cc1ccc(-c2c(SI)[nH]c3ncc(COC(C)C)cc23)cc1N(C)C. The third-order valence-electron chi connectivity index (χ3n) is 4.31. The zero-order valence-electron chi connectivity index (χ0n) is 15.8. The van der Waals surface area contributed by atoms with E-state index < -0.39 is 0 Å². The number of hydrogen-bond donors (Lipinski definition) is 1. The maximum Gasteiger partial charge on any atom is 0.138 e. The van der Waals surface area contributed by atoms with Gasteiger partial charge in [0.05, 0.1) is 17.7 Å². The van der Waals surface area contributed by atoms with Gasteiger partial charge in [-0.3, -0.25) is 0 Å². The van der Waals surface area contributed by atoms with Crippen LogP contribution in [0.5, 0.6) is 0 Å². The maximum atomic E-state index is 5.76. The van der Waals surface area contributed by atoms with Crippen molar-refractivity contribution in [1.82, 2.24) is 9.97 Å². The number of ether oxygens (including phenoxy) is 1. The van der Waals surface area contributed by atoms with Gasteiger partial charge in [0, 0.05) is 58.1 Å². The zero-order chi connectivity index (χ0) is 18.8. The van der Waals surface area contributed by atoms with Crippen molar-refractivity contribution < 1.29 is 4.74 Å². The number of nitrogens with zero attached hydrogens (tertiary/aromatic N) is 2. The van der Waals surface area contributed by atoms with Gasteiger partial charge >= 0.3 is 0 Å². The number of fused-ring (bicyclic) bond motifs is 1. The van der Waals surface area contributed by atoms with Crippen LogP contribution >= 0.6 is 30.1 Å². The third-order valence-corrected chi connectivity index (χ3v) is 6.09. The smallest absolute Gasteiger partial charge is 0.138 e. The Labute approximate surface area is 171 Å². The van der Waals surface area contributed by atoms with E-state index in [4.69, 9.17) is 4.74 Å². The molecule has 0 aliphatic carbocycles. The number of H-pyrrole nitrogens is 1. The van der Waals surface area contributed by atoms with Crippen LogP contribution in [-0.4, -0.2) is 30.2 Å². The molecule has 1 N–H and O–H groups in total. The number of aromatic nitrogens is 2. The lowest BCUT2D eigenvalue weighted by Gasteiger charge is -2.17. The summed E-state index contributed by atoms with van der Waals surface area (Å²) in [7, 11) is 5.85. The third kappa shape index (κ3) is 4.02. The second kappa shape index (κ2) is 8.19. The van der Waals surface area contributed by atoms with Crippen molar-refractivity contribution >= 4 is 46.9 Å². The van der Waals surface area contributed by atoms with Gasteiger partial charge in [-0.2, -0.15) is 0 Å². The lowest BCUT2D eigenvalue weighted by atomic mass is 10.0. The fourth-order valence-electron chi connectivity index (χ4n) is 3.02. The van der Waals surface area contributed by atoms with Crippen molar-refractivity contribution in [3.63, 3.8) is 0 Å². The highest BCUT2D eigenvalue weighted by molar-refractivity contribution is 14.2. The first-order chi connectivity index (χ1) is 12.4. The minimum Gasteiger partial charge on any atom is -0.377 e. The summed E-state index contributed by atoms with van der Waals surface area (Å²) in [5, 5.41) is 2.27. The molecule has 2 heterocycles. The Morgan fingerprint density at radius 3 is 2.69 bits per heavy atom. The highest BCUT2D eigenvalue weighted by atomic mass is 127. The Bertz CT molecular complexity index is 921. The first-order valence-corrected chi connectivity index (χ1v) is 12.0. The van der Waals surface area contributed by atoms with E-state index in [0.29, 0.717) is 6.61 Å². The predicted octanol–water partition coefficient (Wildman–Crippen LogP) is 5.97. The van der Waals surface area contributed by atoms with Gasteiger partial charge in [-0.1, -0.05) is 12.1 Å². The molecule has 6 heteroatoms. The van der Waals surface area contributed by atoms with Crippen LogP contribution in [0.15, 0.2) is 35.5 Å². The van der Waals surface area contributed by atoms with Crippen LogP contribution < -0.4 is 4.90 Å². The van der Waals surface area contributed by atoms with Crippen molar-refractivity contribution in [2.24, 2.45) is 0 Å². The molecular formula is C20H24IN3OS. The van der Waals surface area contributed by atoms with E-state index >= 15 is 0 Å². The summed E-state index contributed by atoms with van der Waals surface area (Å²) in [6.45, 7) is 6.82. The van der Waals surface area contributed by atoms with Crippen molar-refractivity contribution in [2.75, 3.05) is 19.0 Å². The summed E-state index contributed by atoms with van der Waals surface area (Å²) in [5.41, 5.74) is 6.92. The summed E-state index contributed by atoms with van der Waals surface area (Å²) < 4.78 is 5.76. The lowest BCUT2D eigenvalue weighted by molar-refractivity contribution is 0.0656. The van der Waals surface area contributed by atoms with Gasteiger partial charge in [0.25, 0.3) is 0 Å². The summed E-state index contributed by atoms with van der Waals surface area (Å²) in [6.07, 6.45) is 2.10. The van der Waals surface area contributed by atoms with Crippen LogP contribution in [0.2, 0.25) is 0 Å². The minimum absolute atomic E-state index is 0.205. The number of nitrogens with one attached hydrogen (secondary N) is 1. The van der Waals surface area contributed by atoms with E-state index in [1.54, 1.807) is 8.93 Å². The molecule has 1 aromatic carbocycles. The average molecular weight is 481 g/mol. The van der Waals surface area contributed by atoms with Gasteiger partial charge in [-0.25, -0.2) is 4.98 Å². The number of anilines is 1. The molecule has 0 aliphatic rings. The second-order valence-corrected chi connectivity index (χ2v) is 8.79. The quantitative estimate of drug-likeness (QED) is 0.441. The molecule has 3 rings (SSSR count). The molecule has 0 spiro atoms. The number of benzene rings is 1. The van der Waals surface area contributed by atoms with Crippen molar-refractivity contribution in [2.45, 2.75) is 38.5 Å². The highest BCUT2D eigenvalue weighted by Crippen LogP contribution is 2.41. The second-order valence-electron chi connectivity index (χ2n) is 6.90. The van der Waals surface area contributed by atoms with Gasteiger partial charge in [-0.05, 0) is 58.5 Å². The predicted molar refractivity (Wildman–Crippen MR) is 120 cm³/mol. The Morgan fingerprint density at radius 2 is 2.04 bits per heavy atom. The zero-order valence-corrected chi connectivity index (χ0v) is 18.7. The topological polar surface area (TPSA) is 41.1 Å². The number of aromatic amines is 1. The number of halogens is 1. The van der Waals surface area contributed by atoms with Gasteiger partial charge in [0.1, 0.15) is 5.65 Å². The first kappa shape index (κ1) is 19.5. The summed E-state index contributed by atoms with van der Waals surface area (Å²) in [4.78, 5) is 10.2.